The molecule has 3 rings (SSSR count). The Balaban J connectivity index is 1.63. The summed E-state index contributed by atoms with van der Waals surface area (Å²) in [5.74, 6) is 0.612. The topological polar surface area (TPSA) is 58.6 Å². The van der Waals surface area contributed by atoms with Gasteiger partial charge in [0.1, 0.15) is 5.75 Å². The first-order chi connectivity index (χ1) is 13.7. The van der Waals surface area contributed by atoms with Crippen molar-refractivity contribution in [2.24, 2.45) is 0 Å². The van der Waals surface area contributed by atoms with Gasteiger partial charge in [-0.25, -0.2) is 0 Å². The number of nitrogens with one attached hydrogen (secondary N) is 1. The van der Waals surface area contributed by atoms with Crippen LogP contribution in [0.25, 0.3) is 0 Å². The van der Waals surface area contributed by atoms with Crippen LogP contribution >= 0.6 is 22.7 Å². The maximum atomic E-state index is 12.9. The van der Waals surface area contributed by atoms with Gasteiger partial charge >= 0.3 is 0 Å². The summed E-state index contributed by atoms with van der Waals surface area (Å²) in [4.78, 5) is 28.5. The number of carbonyl (C=O) groups excluding carboxylic acids is 2. The zero-order valence-electron chi connectivity index (χ0n) is 15.6. The highest BCUT2D eigenvalue weighted by Gasteiger charge is 2.17. The van der Waals surface area contributed by atoms with Crippen molar-refractivity contribution in [1.82, 2.24) is 10.2 Å². The number of hydrogen-bond acceptors (Lipinski definition) is 5. The SMILES string of the molecule is COc1ccccc1CN(Cc1cccs1)C(=O)CCNC(=O)c1cccs1. The maximum absolute atomic E-state index is 12.9. The van der Waals surface area contributed by atoms with Crippen LogP contribution in [0.3, 0.4) is 0 Å². The fraction of sp³-hybridized carbons (Fsp3) is 0.238. The molecule has 3 aromatic rings. The average Bonchev–Trinajstić information content (AvgIpc) is 3.42. The summed E-state index contributed by atoms with van der Waals surface area (Å²) in [5, 5.41) is 6.68. The van der Waals surface area contributed by atoms with Crippen LogP contribution in [0.5, 0.6) is 5.75 Å². The summed E-state index contributed by atoms with van der Waals surface area (Å²) in [5.41, 5.74) is 0.956. The van der Waals surface area contributed by atoms with Crippen LogP contribution in [0.4, 0.5) is 0 Å². The van der Waals surface area contributed by atoms with Crippen molar-refractivity contribution in [2.75, 3.05) is 13.7 Å². The first kappa shape index (κ1) is 20.1. The molecule has 0 aliphatic heterocycles. The zero-order valence-corrected chi connectivity index (χ0v) is 17.2. The Labute approximate surface area is 172 Å². The van der Waals surface area contributed by atoms with E-state index < -0.39 is 0 Å². The van der Waals surface area contributed by atoms with Crippen molar-refractivity contribution < 1.29 is 14.3 Å². The number of nitrogens with zero attached hydrogens (tertiary/aromatic N) is 1. The van der Waals surface area contributed by atoms with Gasteiger partial charge in [-0.1, -0.05) is 30.3 Å². The summed E-state index contributed by atoms with van der Waals surface area (Å²) < 4.78 is 5.42. The molecular weight excluding hydrogens is 392 g/mol. The van der Waals surface area contributed by atoms with Crippen molar-refractivity contribution in [2.45, 2.75) is 19.5 Å². The summed E-state index contributed by atoms with van der Waals surface area (Å²) in [6.45, 7) is 1.30. The second kappa shape index (κ2) is 10.1. The molecule has 28 heavy (non-hydrogen) atoms. The van der Waals surface area contributed by atoms with Gasteiger partial charge in [0.05, 0.1) is 18.5 Å². The van der Waals surface area contributed by atoms with Crippen molar-refractivity contribution >= 4 is 34.5 Å². The van der Waals surface area contributed by atoms with Crippen LogP contribution in [-0.2, 0) is 17.9 Å². The summed E-state index contributed by atoms with van der Waals surface area (Å²) in [7, 11) is 1.63. The fourth-order valence-corrected chi connectivity index (χ4v) is 4.16. The fourth-order valence-electron chi connectivity index (χ4n) is 2.80. The van der Waals surface area contributed by atoms with E-state index in [1.165, 1.54) is 11.3 Å². The zero-order chi connectivity index (χ0) is 19.8. The molecular formula is C21H22N2O3S2. The van der Waals surface area contributed by atoms with Crippen LogP contribution < -0.4 is 10.1 Å². The monoisotopic (exact) mass is 414 g/mol. The van der Waals surface area contributed by atoms with Crippen LogP contribution in [-0.4, -0.2) is 30.4 Å². The Bertz CT molecular complexity index is 892. The Morgan fingerprint density at radius 1 is 1.00 bits per heavy atom. The largest absolute Gasteiger partial charge is 0.496 e. The molecule has 1 aromatic carbocycles. The summed E-state index contributed by atoms with van der Waals surface area (Å²) in [6, 6.07) is 15.3. The van der Waals surface area contributed by atoms with Gasteiger partial charge in [0, 0.05) is 30.0 Å². The molecule has 1 N–H and O–H groups in total. The van der Waals surface area contributed by atoms with Gasteiger partial charge in [0.25, 0.3) is 5.91 Å². The van der Waals surface area contributed by atoms with Gasteiger partial charge in [-0.2, -0.15) is 0 Å². The third-order valence-electron chi connectivity index (χ3n) is 4.20. The molecule has 7 heteroatoms. The van der Waals surface area contributed by atoms with Gasteiger partial charge < -0.3 is 15.0 Å². The summed E-state index contributed by atoms with van der Waals surface area (Å²) >= 11 is 3.01. The van der Waals surface area contributed by atoms with Crippen LogP contribution in [0, 0.1) is 0 Å². The first-order valence-electron chi connectivity index (χ1n) is 8.91. The minimum Gasteiger partial charge on any atom is -0.496 e. The van der Waals surface area contributed by atoms with Crippen LogP contribution in [0.2, 0.25) is 0 Å². The van der Waals surface area contributed by atoms with Crippen LogP contribution in [0.15, 0.2) is 59.3 Å². The summed E-state index contributed by atoms with van der Waals surface area (Å²) in [6.07, 6.45) is 0.248. The number of thiophene rings is 2. The molecule has 0 aliphatic rings. The lowest BCUT2D eigenvalue weighted by molar-refractivity contribution is -0.132. The number of amides is 2. The van der Waals surface area contributed by atoms with E-state index in [0.717, 1.165) is 16.2 Å². The van der Waals surface area contributed by atoms with E-state index in [1.807, 2.05) is 53.2 Å². The molecule has 0 radical (unpaired) electrons. The molecule has 0 saturated heterocycles. The van der Waals surface area contributed by atoms with Gasteiger partial charge in [-0.3, -0.25) is 9.59 Å². The number of carbonyl (C=O) groups is 2. The van der Waals surface area contributed by atoms with E-state index in [2.05, 4.69) is 5.32 Å². The van der Waals surface area contributed by atoms with E-state index in [-0.39, 0.29) is 18.2 Å². The van der Waals surface area contributed by atoms with Gasteiger partial charge in [-0.15, -0.1) is 22.7 Å². The predicted molar refractivity (Wildman–Crippen MR) is 113 cm³/mol. The van der Waals surface area contributed by atoms with Crippen molar-refractivity contribution in [3.8, 4) is 5.75 Å². The lowest BCUT2D eigenvalue weighted by Gasteiger charge is -2.23. The van der Waals surface area contributed by atoms with Crippen molar-refractivity contribution in [1.29, 1.82) is 0 Å². The van der Waals surface area contributed by atoms with E-state index in [0.29, 0.717) is 24.5 Å². The van der Waals surface area contributed by atoms with Crippen LogP contribution in [0.1, 0.15) is 26.5 Å². The molecule has 0 aliphatic carbocycles. The highest BCUT2D eigenvalue weighted by Crippen LogP contribution is 2.22. The lowest BCUT2D eigenvalue weighted by atomic mass is 10.1. The van der Waals surface area contributed by atoms with Gasteiger partial charge in [0.15, 0.2) is 0 Å². The Kier molecular flexibility index (Phi) is 7.22. The number of benzene rings is 1. The maximum Gasteiger partial charge on any atom is 0.261 e. The molecule has 0 spiro atoms. The highest BCUT2D eigenvalue weighted by molar-refractivity contribution is 7.12. The Morgan fingerprint density at radius 3 is 2.50 bits per heavy atom. The normalized spacial score (nSPS) is 10.5. The molecule has 0 unspecified atom stereocenters. The third kappa shape index (κ3) is 5.43. The number of rotatable bonds is 9. The second-order valence-corrected chi connectivity index (χ2v) is 8.10. The number of hydrogen-bond donors (Lipinski definition) is 1. The predicted octanol–water partition coefficient (Wildman–Crippen LogP) is 4.17. The quantitative estimate of drug-likeness (QED) is 0.572. The highest BCUT2D eigenvalue weighted by atomic mass is 32.1. The van der Waals surface area contributed by atoms with E-state index in [1.54, 1.807) is 29.4 Å². The molecule has 0 saturated carbocycles. The minimum absolute atomic E-state index is 0.00853. The minimum atomic E-state index is -0.141. The Hall–Kier alpha value is -2.64. The molecule has 5 nitrogen and oxygen atoms in total. The first-order valence-corrected chi connectivity index (χ1v) is 10.7. The molecule has 0 fully saturated rings. The molecule has 2 amide bonds. The number of methoxy groups -OCH3 is 1. The smallest absolute Gasteiger partial charge is 0.261 e. The van der Waals surface area contributed by atoms with Crippen molar-refractivity contribution in [3.63, 3.8) is 0 Å². The molecule has 146 valence electrons. The molecule has 0 atom stereocenters. The van der Waals surface area contributed by atoms with E-state index >= 15 is 0 Å². The lowest BCUT2D eigenvalue weighted by Crippen LogP contribution is -2.33. The van der Waals surface area contributed by atoms with Crippen molar-refractivity contribution in [3.05, 3.63) is 74.6 Å². The van der Waals surface area contributed by atoms with E-state index in [4.69, 9.17) is 4.74 Å². The average molecular weight is 415 g/mol. The van der Waals surface area contributed by atoms with Gasteiger partial charge in [-0.05, 0) is 29.0 Å². The van der Waals surface area contributed by atoms with E-state index in [9.17, 15) is 9.59 Å². The molecule has 0 bridgehead atoms. The number of ether oxygens (including phenoxy) is 1. The van der Waals surface area contributed by atoms with Gasteiger partial charge in [0.2, 0.25) is 5.91 Å². The second-order valence-electron chi connectivity index (χ2n) is 6.12. The third-order valence-corrected chi connectivity index (χ3v) is 5.93. The molecule has 2 aromatic heterocycles. The molecule has 2 heterocycles. The number of para-hydroxylation sites is 1. The Morgan fingerprint density at radius 2 is 1.79 bits per heavy atom. The standard InChI is InChI=1S/C21H22N2O3S2/c1-26-18-8-3-2-6-16(18)14-23(15-17-7-4-12-27-17)20(24)10-11-22-21(25)19-9-5-13-28-19/h2-9,12-13H,10-11,14-15H2,1H3,(H,22,25).